The van der Waals surface area contributed by atoms with E-state index in [9.17, 15) is 24.5 Å². The molecule has 0 N–H and O–H groups in total. The number of carbonyl (C=O) groups is 3. The van der Waals surface area contributed by atoms with Crippen LogP contribution in [0.5, 0.6) is 0 Å². The molecule has 9 heteroatoms. The average Bonchev–Trinajstić information content (AvgIpc) is 3.57. The van der Waals surface area contributed by atoms with Gasteiger partial charge >= 0.3 is 0 Å². The van der Waals surface area contributed by atoms with Gasteiger partial charge in [-0.2, -0.15) is 0 Å². The summed E-state index contributed by atoms with van der Waals surface area (Å²) in [5.41, 5.74) is 1.84. The first kappa shape index (κ1) is 21.7. The van der Waals surface area contributed by atoms with Gasteiger partial charge < -0.3 is 9.64 Å². The van der Waals surface area contributed by atoms with E-state index in [-0.39, 0.29) is 41.5 Å². The molecular formula is C26H23N3O6. The first-order chi connectivity index (χ1) is 17.0. The number of Topliss-reactive ketones (excluding diaryl/α,β-unsaturated/α-hetero) is 1. The number of rotatable bonds is 5. The van der Waals surface area contributed by atoms with Crippen molar-refractivity contribution in [1.29, 1.82) is 0 Å². The normalized spacial score (nSPS) is 28.7. The van der Waals surface area contributed by atoms with Gasteiger partial charge in [0.25, 0.3) is 5.69 Å². The zero-order chi connectivity index (χ0) is 24.3. The number of anilines is 1. The predicted molar refractivity (Wildman–Crippen MR) is 126 cm³/mol. The van der Waals surface area contributed by atoms with Gasteiger partial charge in [-0.1, -0.05) is 30.4 Å². The molecule has 178 valence electrons. The van der Waals surface area contributed by atoms with E-state index < -0.39 is 28.8 Å². The van der Waals surface area contributed by atoms with E-state index in [2.05, 4.69) is 0 Å². The molecule has 3 saturated heterocycles. The smallest absolute Gasteiger partial charge is 0.269 e. The Labute approximate surface area is 201 Å². The van der Waals surface area contributed by atoms with Gasteiger partial charge in [-0.15, -0.1) is 0 Å². The van der Waals surface area contributed by atoms with Gasteiger partial charge in [0.2, 0.25) is 11.8 Å². The van der Waals surface area contributed by atoms with Gasteiger partial charge in [0, 0.05) is 30.0 Å². The number of ketones is 1. The third-order valence-corrected chi connectivity index (χ3v) is 7.55. The summed E-state index contributed by atoms with van der Waals surface area (Å²) in [7, 11) is 0. The fourth-order valence-electron chi connectivity index (χ4n) is 5.97. The van der Waals surface area contributed by atoms with Crippen LogP contribution in [0.3, 0.4) is 0 Å². The first-order valence-electron chi connectivity index (χ1n) is 11.8. The summed E-state index contributed by atoms with van der Waals surface area (Å²) >= 11 is 0. The Morgan fingerprint density at radius 1 is 1.06 bits per heavy atom. The Hall–Kier alpha value is -3.85. The number of nitro groups is 1. The summed E-state index contributed by atoms with van der Waals surface area (Å²) in [6, 6.07) is 11.6. The molecule has 6 rings (SSSR count). The van der Waals surface area contributed by atoms with Gasteiger partial charge in [0.15, 0.2) is 5.78 Å². The molecule has 0 unspecified atom stereocenters. The summed E-state index contributed by atoms with van der Waals surface area (Å²) in [6.07, 6.45) is 5.35. The number of hydrogen-bond donors (Lipinski definition) is 0. The number of imide groups is 1. The maximum absolute atomic E-state index is 13.9. The summed E-state index contributed by atoms with van der Waals surface area (Å²) in [4.78, 5) is 54.9. The van der Waals surface area contributed by atoms with Crippen molar-refractivity contribution in [3.8, 4) is 0 Å². The Bertz CT molecular complexity index is 1270. The lowest BCUT2D eigenvalue weighted by Crippen LogP contribution is -2.49. The topological polar surface area (TPSA) is 110 Å². The standard InChI is InChI=1S/C26H23N3O6/c30-24(16-7-10-17(11-8-16)29(33)34)23-22-21(20-12-9-15-4-1-2-6-19(15)28(20)23)25(31)27(26(22)32)14-18-5-3-13-35-18/h1-2,4,6-12,18,20-23H,3,5,13-14H2/t18-,20-,21+,22-,23-/m0/s1. The Kier molecular flexibility index (Phi) is 5.03. The molecule has 5 atom stereocenters. The molecule has 35 heavy (non-hydrogen) atoms. The lowest BCUT2D eigenvalue weighted by Gasteiger charge is -2.36. The third-order valence-electron chi connectivity index (χ3n) is 7.55. The molecule has 3 fully saturated rings. The average molecular weight is 473 g/mol. The highest BCUT2D eigenvalue weighted by atomic mass is 16.6. The summed E-state index contributed by atoms with van der Waals surface area (Å²) < 4.78 is 5.67. The first-order valence-corrected chi connectivity index (χ1v) is 11.8. The number of likely N-dealkylation sites (tertiary alicyclic amines) is 1. The number of amides is 2. The second-order valence-electron chi connectivity index (χ2n) is 9.40. The van der Waals surface area contributed by atoms with Crippen molar-refractivity contribution in [1.82, 2.24) is 4.90 Å². The van der Waals surface area contributed by atoms with Crippen LogP contribution in [0.25, 0.3) is 6.08 Å². The third kappa shape index (κ3) is 3.30. The van der Waals surface area contributed by atoms with Crippen LogP contribution in [0.4, 0.5) is 11.4 Å². The number of non-ortho nitro benzene ring substituents is 1. The van der Waals surface area contributed by atoms with Crippen LogP contribution in [0.1, 0.15) is 28.8 Å². The molecule has 0 aromatic heterocycles. The van der Waals surface area contributed by atoms with Gasteiger partial charge in [-0.05, 0) is 36.6 Å². The van der Waals surface area contributed by atoms with Crippen LogP contribution < -0.4 is 4.90 Å². The van der Waals surface area contributed by atoms with Crippen molar-refractivity contribution in [2.75, 3.05) is 18.1 Å². The van der Waals surface area contributed by atoms with Crippen molar-refractivity contribution < 1.29 is 24.0 Å². The molecule has 2 amide bonds. The minimum absolute atomic E-state index is 0.121. The number of nitro benzene ring substituents is 1. The minimum Gasteiger partial charge on any atom is -0.376 e. The molecule has 4 heterocycles. The fourth-order valence-corrected chi connectivity index (χ4v) is 5.97. The zero-order valence-corrected chi connectivity index (χ0v) is 18.8. The molecule has 0 radical (unpaired) electrons. The number of ether oxygens (including phenoxy) is 1. The van der Waals surface area contributed by atoms with Gasteiger partial charge in [-0.25, -0.2) is 0 Å². The highest BCUT2D eigenvalue weighted by molar-refractivity contribution is 6.14. The number of nitrogens with zero attached hydrogens (tertiary/aromatic N) is 3. The quantitative estimate of drug-likeness (QED) is 0.284. The predicted octanol–water partition coefficient (Wildman–Crippen LogP) is 2.84. The summed E-state index contributed by atoms with van der Waals surface area (Å²) in [6.45, 7) is 0.820. The highest BCUT2D eigenvalue weighted by Gasteiger charge is 2.64. The molecule has 9 nitrogen and oxygen atoms in total. The van der Waals surface area contributed by atoms with Crippen molar-refractivity contribution in [2.24, 2.45) is 11.8 Å². The minimum atomic E-state index is -0.900. The van der Waals surface area contributed by atoms with Crippen LogP contribution in [-0.2, 0) is 14.3 Å². The Morgan fingerprint density at radius 2 is 1.80 bits per heavy atom. The van der Waals surface area contributed by atoms with E-state index in [1.165, 1.54) is 29.2 Å². The SMILES string of the molecule is O=C(c1ccc([N+](=O)[O-])cc1)[C@@H]1[C@H]2C(=O)N(C[C@@H]3CCCO3)C(=O)[C@@H]2[C@@H]2C=Cc3ccccc3N12. The van der Waals surface area contributed by atoms with Gasteiger partial charge in [-0.3, -0.25) is 29.4 Å². The second-order valence-corrected chi connectivity index (χ2v) is 9.40. The van der Waals surface area contributed by atoms with Gasteiger partial charge in [0.1, 0.15) is 6.04 Å². The van der Waals surface area contributed by atoms with E-state index in [0.29, 0.717) is 6.61 Å². The lowest BCUT2D eigenvalue weighted by molar-refractivity contribution is -0.384. The summed E-state index contributed by atoms with van der Waals surface area (Å²) in [5, 5.41) is 11.1. The molecule has 2 aromatic rings. The molecule has 0 saturated carbocycles. The Balaban J connectivity index is 1.41. The highest BCUT2D eigenvalue weighted by Crippen LogP contribution is 2.49. The van der Waals surface area contributed by atoms with Crippen molar-refractivity contribution in [3.63, 3.8) is 0 Å². The van der Waals surface area contributed by atoms with Crippen LogP contribution in [-0.4, -0.2) is 58.8 Å². The molecule has 0 spiro atoms. The molecular weight excluding hydrogens is 450 g/mol. The van der Waals surface area contributed by atoms with Crippen LogP contribution in [0.2, 0.25) is 0 Å². The maximum atomic E-state index is 13.9. The molecule has 4 aliphatic rings. The van der Waals surface area contributed by atoms with E-state index >= 15 is 0 Å². The lowest BCUT2D eigenvalue weighted by atomic mass is 9.86. The van der Waals surface area contributed by atoms with Crippen LogP contribution >= 0.6 is 0 Å². The number of carbonyl (C=O) groups excluding carboxylic acids is 3. The van der Waals surface area contributed by atoms with Crippen LogP contribution in [0, 0.1) is 22.0 Å². The molecule has 0 aliphatic carbocycles. The number of hydrogen-bond acceptors (Lipinski definition) is 7. The van der Waals surface area contributed by atoms with Crippen molar-refractivity contribution in [2.45, 2.75) is 31.0 Å². The number of para-hydroxylation sites is 1. The number of fused-ring (bicyclic) bond motifs is 5. The van der Waals surface area contributed by atoms with Crippen molar-refractivity contribution >= 4 is 35.0 Å². The van der Waals surface area contributed by atoms with E-state index in [1.807, 2.05) is 41.3 Å². The Morgan fingerprint density at radius 3 is 2.51 bits per heavy atom. The van der Waals surface area contributed by atoms with Crippen molar-refractivity contribution in [3.05, 3.63) is 75.8 Å². The van der Waals surface area contributed by atoms with E-state index in [4.69, 9.17) is 4.74 Å². The largest absolute Gasteiger partial charge is 0.376 e. The molecule has 4 aliphatic heterocycles. The molecule has 0 bridgehead atoms. The van der Waals surface area contributed by atoms with E-state index in [1.54, 1.807) is 0 Å². The van der Waals surface area contributed by atoms with Gasteiger partial charge in [0.05, 0.1) is 35.4 Å². The van der Waals surface area contributed by atoms with E-state index in [0.717, 1.165) is 24.1 Å². The fraction of sp³-hybridized carbons (Fsp3) is 0.346. The maximum Gasteiger partial charge on any atom is 0.269 e. The van der Waals surface area contributed by atoms with Crippen LogP contribution in [0.15, 0.2) is 54.6 Å². The number of benzene rings is 2. The summed E-state index contributed by atoms with van der Waals surface area (Å²) in [5.74, 6) is -2.47. The second kappa shape index (κ2) is 8.13. The zero-order valence-electron chi connectivity index (χ0n) is 18.8. The monoisotopic (exact) mass is 473 g/mol. The molecule has 2 aromatic carbocycles.